The van der Waals surface area contributed by atoms with Crippen LogP contribution in [0.5, 0.6) is 0 Å². The number of carbonyl (C=O) groups excluding carboxylic acids is 1. The van der Waals surface area contributed by atoms with Crippen molar-refractivity contribution in [3.63, 3.8) is 0 Å². The topological polar surface area (TPSA) is 66.5 Å². The molecule has 1 aromatic carbocycles. The molecule has 1 N–H and O–H groups in total. The molecule has 0 spiro atoms. The second kappa shape index (κ2) is 7.73. The third-order valence-corrected chi connectivity index (χ3v) is 8.43. The van der Waals surface area contributed by atoms with Crippen LogP contribution in [0, 0.1) is 0 Å². The van der Waals surface area contributed by atoms with Crippen molar-refractivity contribution in [2.45, 2.75) is 43.9 Å². The standard InChI is InChI=1S/C20H24N2O3S2/c23-20(19-13-16-7-4-8-18(16)26-19)21-17-9-11-22(12-10-17)27(24,25)14-15-5-2-1-3-6-15/h1-3,5-6,13,17H,4,7-12,14H2,(H,21,23). The Hall–Kier alpha value is -1.70. The molecule has 2 aliphatic rings. The van der Waals surface area contributed by atoms with Crippen molar-refractivity contribution >= 4 is 27.3 Å². The van der Waals surface area contributed by atoms with E-state index in [1.54, 1.807) is 15.6 Å². The second-order valence-electron chi connectivity index (χ2n) is 7.30. The number of hydrogen-bond acceptors (Lipinski definition) is 4. The van der Waals surface area contributed by atoms with Gasteiger partial charge in [-0.25, -0.2) is 12.7 Å². The molecule has 7 heteroatoms. The molecule has 27 heavy (non-hydrogen) atoms. The van der Waals surface area contributed by atoms with Gasteiger partial charge in [-0.15, -0.1) is 11.3 Å². The van der Waals surface area contributed by atoms with Crippen LogP contribution in [0.3, 0.4) is 0 Å². The van der Waals surface area contributed by atoms with Gasteiger partial charge < -0.3 is 5.32 Å². The van der Waals surface area contributed by atoms with Crippen LogP contribution in [0.25, 0.3) is 0 Å². The predicted octanol–water partition coefficient (Wildman–Crippen LogP) is 2.96. The molecule has 0 atom stereocenters. The Morgan fingerprint density at radius 2 is 1.89 bits per heavy atom. The van der Waals surface area contributed by atoms with Gasteiger partial charge in [-0.2, -0.15) is 0 Å². The first-order valence-corrected chi connectivity index (χ1v) is 11.9. The molecule has 0 unspecified atom stereocenters. The Kier molecular flexibility index (Phi) is 5.34. The van der Waals surface area contributed by atoms with Gasteiger partial charge in [-0.05, 0) is 49.3 Å². The minimum Gasteiger partial charge on any atom is -0.349 e. The quantitative estimate of drug-likeness (QED) is 0.833. The molecule has 2 aromatic rings. The molecule has 1 fully saturated rings. The summed E-state index contributed by atoms with van der Waals surface area (Å²) in [6.07, 6.45) is 4.68. The van der Waals surface area contributed by atoms with E-state index in [1.807, 2.05) is 36.4 Å². The van der Waals surface area contributed by atoms with Crippen LogP contribution in [0.4, 0.5) is 0 Å². The van der Waals surface area contributed by atoms with Gasteiger partial charge in [-0.1, -0.05) is 30.3 Å². The van der Waals surface area contributed by atoms with Gasteiger partial charge in [0.1, 0.15) is 0 Å². The number of piperidine rings is 1. The number of nitrogens with one attached hydrogen (secondary N) is 1. The first-order valence-electron chi connectivity index (χ1n) is 9.45. The summed E-state index contributed by atoms with van der Waals surface area (Å²) < 4.78 is 26.8. The maximum atomic E-state index is 12.6. The highest BCUT2D eigenvalue weighted by Gasteiger charge is 2.29. The summed E-state index contributed by atoms with van der Waals surface area (Å²) in [4.78, 5) is 14.6. The van der Waals surface area contributed by atoms with Crippen LogP contribution in [0.1, 0.15) is 44.9 Å². The zero-order chi connectivity index (χ0) is 18.9. The number of carbonyl (C=O) groups is 1. The highest BCUT2D eigenvalue weighted by Crippen LogP contribution is 2.30. The average molecular weight is 405 g/mol. The minimum atomic E-state index is -3.32. The molecule has 144 valence electrons. The number of benzene rings is 1. The van der Waals surface area contributed by atoms with Crippen LogP contribution in [0.15, 0.2) is 36.4 Å². The molecule has 1 aromatic heterocycles. The van der Waals surface area contributed by atoms with Crippen LogP contribution < -0.4 is 5.32 Å². The summed E-state index contributed by atoms with van der Waals surface area (Å²) in [7, 11) is -3.32. The van der Waals surface area contributed by atoms with Crippen molar-refractivity contribution in [2.24, 2.45) is 0 Å². The lowest BCUT2D eigenvalue weighted by atomic mass is 10.1. The van der Waals surface area contributed by atoms with Crippen molar-refractivity contribution in [3.05, 3.63) is 57.3 Å². The van der Waals surface area contributed by atoms with Crippen molar-refractivity contribution in [1.29, 1.82) is 0 Å². The van der Waals surface area contributed by atoms with Gasteiger partial charge in [0.05, 0.1) is 10.6 Å². The molecule has 1 amide bonds. The lowest BCUT2D eigenvalue weighted by Gasteiger charge is -2.31. The number of thiophene rings is 1. The molecule has 1 aliphatic carbocycles. The molecule has 0 radical (unpaired) electrons. The summed E-state index contributed by atoms with van der Waals surface area (Å²) in [5.41, 5.74) is 2.13. The van der Waals surface area contributed by atoms with Gasteiger partial charge in [-0.3, -0.25) is 4.79 Å². The second-order valence-corrected chi connectivity index (χ2v) is 10.4. The Bertz CT molecular complexity index is 892. The SMILES string of the molecule is O=C(NC1CCN(S(=O)(=O)Cc2ccccc2)CC1)c1cc2c(s1)CCC2. The molecule has 1 saturated heterocycles. The van der Waals surface area contributed by atoms with Crippen molar-refractivity contribution < 1.29 is 13.2 Å². The van der Waals surface area contributed by atoms with E-state index in [1.165, 1.54) is 16.9 Å². The number of amides is 1. The molecule has 4 rings (SSSR count). The third-order valence-electron chi connectivity index (χ3n) is 5.34. The first-order chi connectivity index (χ1) is 13.0. The maximum Gasteiger partial charge on any atom is 0.261 e. The fraction of sp³-hybridized carbons (Fsp3) is 0.450. The van der Waals surface area contributed by atoms with E-state index < -0.39 is 10.0 Å². The molecule has 1 aliphatic heterocycles. The van der Waals surface area contributed by atoms with Crippen LogP contribution >= 0.6 is 11.3 Å². The summed E-state index contributed by atoms with van der Waals surface area (Å²) in [6, 6.07) is 11.3. The third kappa shape index (κ3) is 4.25. The molecule has 0 saturated carbocycles. The van der Waals surface area contributed by atoms with Crippen molar-refractivity contribution in [3.8, 4) is 0 Å². The van der Waals surface area contributed by atoms with Gasteiger partial charge in [0.2, 0.25) is 10.0 Å². The first kappa shape index (κ1) is 18.7. The summed E-state index contributed by atoms with van der Waals surface area (Å²) >= 11 is 1.61. The predicted molar refractivity (Wildman–Crippen MR) is 107 cm³/mol. The fourth-order valence-corrected chi connectivity index (χ4v) is 6.57. The molecular formula is C20H24N2O3S2. The Balaban J connectivity index is 1.31. The molecule has 0 bridgehead atoms. The highest BCUT2D eigenvalue weighted by atomic mass is 32.2. The van der Waals surface area contributed by atoms with E-state index in [2.05, 4.69) is 5.32 Å². The Morgan fingerprint density at radius 3 is 2.59 bits per heavy atom. The zero-order valence-electron chi connectivity index (χ0n) is 15.2. The molecule has 2 heterocycles. The van der Waals surface area contributed by atoms with Crippen molar-refractivity contribution in [2.75, 3.05) is 13.1 Å². The molecule has 5 nitrogen and oxygen atoms in total. The van der Waals surface area contributed by atoms with E-state index in [0.29, 0.717) is 25.9 Å². The fourth-order valence-electron chi connectivity index (χ4n) is 3.85. The van der Waals surface area contributed by atoms with E-state index >= 15 is 0 Å². The van der Waals surface area contributed by atoms with E-state index in [9.17, 15) is 13.2 Å². The van der Waals surface area contributed by atoms with E-state index in [0.717, 1.165) is 23.3 Å². The maximum absolute atomic E-state index is 12.6. The van der Waals surface area contributed by atoms with E-state index in [4.69, 9.17) is 0 Å². The molecular weight excluding hydrogens is 380 g/mol. The smallest absolute Gasteiger partial charge is 0.261 e. The monoisotopic (exact) mass is 404 g/mol. The van der Waals surface area contributed by atoms with Gasteiger partial charge in [0, 0.05) is 24.0 Å². The minimum absolute atomic E-state index is 0.0139. The van der Waals surface area contributed by atoms with Crippen LogP contribution in [-0.2, 0) is 28.6 Å². The highest BCUT2D eigenvalue weighted by molar-refractivity contribution is 7.88. The van der Waals surface area contributed by atoms with Crippen molar-refractivity contribution in [1.82, 2.24) is 9.62 Å². The lowest BCUT2D eigenvalue weighted by molar-refractivity contribution is 0.0928. The Morgan fingerprint density at radius 1 is 1.15 bits per heavy atom. The zero-order valence-corrected chi connectivity index (χ0v) is 16.8. The summed E-state index contributed by atoms with van der Waals surface area (Å²) in [6.45, 7) is 0.919. The average Bonchev–Trinajstić information content (AvgIpc) is 3.25. The number of hydrogen-bond donors (Lipinski definition) is 1. The van der Waals surface area contributed by atoms with Gasteiger partial charge >= 0.3 is 0 Å². The number of rotatable bonds is 5. The number of aryl methyl sites for hydroxylation is 2. The number of fused-ring (bicyclic) bond motifs is 1. The number of nitrogens with zero attached hydrogens (tertiary/aromatic N) is 1. The van der Waals surface area contributed by atoms with Crippen LogP contribution in [-0.4, -0.2) is 37.8 Å². The van der Waals surface area contributed by atoms with Gasteiger partial charge in [0.15, 0.2) is 0 Å². The summed E-state index contributed by atoms with van der Waals surface area (Å²) in [5, 5.41) is 3.10. The lowest BCUT2D eigenvalue weighted by Crippen LogP contribution is -2.46. The van der Waals surface area contributed by atoms with Crippen LogP contribution in [0.2, 0.25) is 0 Å². The summed E-state index contributed by atoms with van der Waals surface area (Å²) in [5.74, 6) is 0.0195. The van der Waals surface area contributed by atoms with E-state index in [-0.39, 0.29) is 17.7 Å². The number of sulfonamides is 1. The normalized spacial score (nSPS) is 18.4. The Labute approximate surface area is 164 Å². The largest absolute Gasteiger partial charge is 0.349 e. The van der Waals surface area contributed by atoms with Gasteiger partial charge in [0.25, 0.3) is 5.91 Å².